The van der Waals surface area contributed by atoms with E-state index in [9.17, 15) is 4.79 Å². The van der Waals surface area contributed by atoms with Crippen LogP contribution in [0.4, 0.5) is 0 Å². The van der Waals surface area contributed by atoms with Crippen LogP contribution in [0.25, 0.3) is 0 Å². The van der Waals surface area contributed by atoms with Gasteiger partial charge in [-0.15, -0.1) is 0 Å². The SMILES string of the molecule is CCCCCCCCCCCCCCCC=CC(=O)OCCOCCO. The molecule has 0 heterocycles. The Morgan fingerprint density at radius 2 is 1.31 bits per heavy atom. The van der Waals surface area contributed by atoms with Gasteiger partial charge < -0.3 is 14.6 Å². The molecule has 0 aliphatic heterocycles. The number of unbranched alkanes of at least 4 members (excludes halogenated alkanes) is 13. The van der Waals surface area contributed by atoms with Crippen molar-refractivity contribution in [1.82, 2.24) is 0 Å². The van der Waals surface area contributed by atoms with Gasteiger partial charge in [-0.05, 0) is 12.8 Å². The van der Waals surface area contributed by atoms with Crippen molar-refractivity contribution < 1.29 is 19.4 Å². The fourth-order valence-electron chi connectivity index (χ4n) is 2.88. The summed E-state index contributed by atoms with van der Waals surface area (Å²) in [5.74, 6) is -0.313. The highest BCUT2D eigenvalue weighted by Gasteiger charge is 1.97. The molecule has 4 nitrogen and oxygen atoms in total. The lowest BCUT2D eigenvalue weighted by Crippen LogP contribution is -2.10. The van der Waals surface area contributed by atoms with E-state index in [4.69, 9.17) is 14.6 Å². The first-order chi connectivity index (χ1) is 12.8. The van der Waals surface area contributed by atoms with E-state index in [1.165, 1.54) is 83.1 Å². The first-order valence-corrected chi connectivity index (χ1v) is 10.8. The number of hydrogen-bond acceptors (Lipinski definition) is 4. The first-order valence-electron chi connectivity index (χ1n) is 10.8. The van der Waals surface area contributed by atoms with Crippen molar-refractivity contribution in [3.8, 4) is 0 Å². The van der Waals surface area contributed by atoms with E-state index in [0.29, 0.717) is 6.61 Å². The van der Waals surface area contributed by atoms with E-state index in [1.807, 2.05) is 6.08 Å². The second kappa shape index (κ2) is 22.2. The lowest BCUT2D eigenvalue weighted by molar-refractivity contribution is -0.139. The quantitative estimate of drug-likeness (QED) is 0.173. The lowest BCUT2D eigenvalue weighted by atomic mass is 10.0. The number of carbonyl (C=O) groups is 1. The third-order valence-corrected chi connectivity index (χ3v) is 4.44. The number of hydrogen-bond donors (Lipinski definition) is 1. The Morgan fingerprint density at radius 3 is 1.85 bits per heavy atom. The minimum Gasteiger partial charge on any atom is -0.460 e. The average Bonchev–Trinajstić information content (AvgIpc) is 2.64. The molecule has 0 saturated carbocycles. The number of aliphatic hydroxyl groups is 1. The summed E-state index contributed by atoms with van der Waals surface area (Å²) in [6, 6.07) is 0. The Balaban J connectivity index is 3.19. The molecule has 0 rings (SSSR count). The summed E-state index contributed by atoms with van der Waals surface area (Å²) in [7, 11) is 0. The van der Waals surface area contributed by atoms with E-state index >= 15 is 0 Å². The van der Waals surface area contributed by atoms with Crippen molar-refractivity contribution in [2.45, 2.75) is 96.8 Å². The molecule has 1 N–H and O–H groups in total. The number of carbonyl (C=O) groups excluding carboxylic acids is 1. The van der Waals surface area contributed by atoms with E-state index in [-0.39, 0.29) is 25.8 Å². The molecule has 0 radical (unpaired) electrons. The Morgan fingerprint density at radius 1 is 0.769 bits per heavy atom. The summed E-state index contributed by atoms with van der Waals surface area (Å²) in [5, 5.41) is 8.53. The highest BCUT2D eigenvalue weighted by Crippen LogP contribution is 2.13. The van der Waals surface area contributed by atoms with Crippen LogP contribution in [0, 0.1) is 0 Å². The van der Waals surface area contributed by atoms with Gasteiger partial charge in [-0.1, -0.05) is 90.0 Å². The Bertz CT molecular complexity index is 315. The number of allylic oxidation sites excluding steroid dienone is 1. The minimum absolute atomic E-state index is 0.00697. The molecular weight excluding hydrogens is 328 g/mol. The van der Waals surface area contributed by atoms with Crippen LogP contribution in [-0.4, -0.2) is 37.5 Å². The van der Waals surface area contributed by atoms with Crippen molar-refractivity contribution in [2.24, 2.45) is 0 Å². The molecule has 0 saturated heterocycles. The molecule has 0 aromatic carbocycles. The van der Waals surface area contributed by atoms with E-state index in [2.05, 4.69) is 6.92 Å². The van der Waals surface area contributed by atoms with E-state index in [0.717, 1.165) is 12.8 Å². The molecule has 0 aromatic heterocycles. The lowest BCUT2D eigenvalue weighted by Gasteiger charge is -2.03. The average molecular weight is 371 g/mol. The van der Waals surface area contributed by atoms with Gasteiger partial charge >= 0.3 is 5.97 Å². The van der Waals surface area contributed by atoms with Gasteiger partial charge in [0.05, 0.1) is 19.8 Å². The molecule has 0 aliphatic rings. The molecule has 4 heteroatoms. The highest BCUT2D eigenvalue weighted by molar-refractivity contribution is 5.81. The third-order valence-electron chi connectivity index (χ3n) is 4.44. The molecule has 0 aliphatic carbocycles. The summed E-state index contributed by atoms with van der Waals surface area (Å²) in [4.78, 5) is 11.4. The Kier molecular flexibility index (Phi) is 21.4. The van der Waals surface area contributed by atoms with Gasteiger partial charge in [-0.2, -0.15) is 0 Å². The summed E-state index contributed by atoms with van der Waals surface area (Å²) < 4.78 is 9.99. The van der Waals surface area contributed by atoms with Crippen LogP contribution in [0.2, 0.25) is 0 Å². The summed E-state index contributed by atoms with van der Waals surface area (Å²) in [6.07, 6.45) is 21.9. The van der Waals surface area contributed by atoms with Gasteiger partial charge in [0.25, 0.3) is 0 Å². The number of rotatable bonds is 20. The third kappa shape index (κ3) is 21.2. The van der Waals surface area contributed by atoms with Gasteiger partial charge in [0.2, 0.25) is 0 Å². The normalized spacial score (nSPS) is 11.3. The van der Waals surface area contributed by atoms with E-state index in [1.54, 1.807) is 0 Å². The second-order valence-electron chi connectivity index (χ2n) is 6.94. The molecule has 0 spiro atoms. The second-order valence-corrected chi connectivity index (χ2v) is 6.94. The topological polar surface area (TPSA) is 55.8 Å². The minimum atomic E-state index is -0.313. The smallest absolute Gasteiger partial charge is 0.330 e. The molecule has 0 fully saturated rings. The van der Waals surface area contributed by atoms with E-state index < -0.39 is 0 Å². The van der Waals surface area contributed by atoms with Gasteiger partial charge in [-0.25, -0.2) is 4.79 Å². The largest absolute Gasteiger partial charge is 0.460 e. The maximum Gasteiger partial charge on any atom is 0.330 e. The number of aliphatic hydroxyl groups excluding tert-OH is 1. The Hall–Kier alpha value is -0.870. The Labute approximate surface area is 161 Å². The molecule has 0 amide bonds. The van der Waals surface area contributed by atoms with Crippen molar-refractivity contribution in [3.05, 3.63) is 12.2 Å². The van der Waals surface area contributed by atoms with Crippen molar-refractivity contribution in [1.29, 1.82) is 0 Å². The summed E-state index contributed by atoms with van der Waals surface area (Å²) in [6.45, 7) is 3.12. The van der Waals surface area contributed by atoms with Crippen LogP contribution in [-0.2, 0) is 14.3 Å². The standard InChI is InChI=1S/C22H42O4/c1-2-3-4-5-6-7-8-9-10-11-12-13-14-15-16-17-22(24)26-21-20-25-19-18-23/h16-17,23H,2-15,18-21H2,1H3. The fraction of sp³-hybridized carbons (Fsp3) is 0.864. The molecule has 0 atom stereocenters. The zero-order chi connectivity index (χ0) is 19.1. The van der Waals surface area contributed by atoms with Crippen LogP contribution in [0.1, 0.15) is 96.8 Å². The molecule has 0 aromatic rings. The molecule has 0 unspecified atom stereocenters. The van der Waals surface area contributed by atoms with Gasteiger partial charge in [0.1, 0.15) is 6.61 Å². The zero-order valence-electron chi connectivity index (χ0n) is 17.1. The van der Waals surface area contributed by atoms with Crippen molar-refractivity contribution >= 4 is 5.97 Å². The predicted octanol–water partition coefficient (Wildman–Crippen LogP) is 5.58. The number of esters is 1. The van der Waals surface area contributed by atoms with Crippen molar-refractivity contribution in [2.75, 3.05) is 26.4 Å². The first kappa shape index (κ1) is 25.1. The maximum absolute atomic E-state index is 11.4. The van der Waals surface area contributed by atoms with Crippen LogP contribution in [0.5, 0.6) is 0 Å². The van der Waals surface area contributed by atoms with Crippen LogP contribution < -0.4 is 0 Å². The van der Waals surface area contributed by atoms with Crippen LogP contribution >= 0.6 is 0 Å². The van der Waals surface area contributed by atoms with Crippen LogP contribution in [0.3, 0.4) is 0 Å². The predicted molar refractivity (Wildman–Crippen MR) is 108 cm³/mol. The molecule has 0 bridgehead atoms. The monoisotopic (exact) mass is 370 g/mol. The molecular formula is C22H42O4. The van der Waals surface area contributed by atoms with Gasteiger partial charge in [0.15, 0.2) is 0 Å². The highest BCUT2D eigenvalue weighted by atomic mass is 16.6. The van der Waals surface area contributed by atoms with Gasteiger partial charge in [0, 0.05) is 6.08 Å². The number of ether oxygens (including phenoxy) is 2. The summed E-state index contributed by atoms with van der Waals surface area (Å²) in [5.41, 5.74) is 0. The zero-order valence-corrected chi connectivity index (χ0v) is 17.1. The van der Waals surface area contributed by atoms with Crippen molar-refractivity contribution in [3.63, 3.8) is 0 Å². The summed E-state index contributed by atoms with van der Waals surface area (Å²) >= 11 is 0. The maximum atomic E-state index is 11.4. The van der Waals surface area contributed by atoms with Gasteiger partial charge in [-0.3, -0.25) is 0 Å². The fourth-order valence-corrected chi connectivity index (χ4v) is 2.88. The molecule has 154 valence electrons. The van der Waals surface area contributed by atoms with Crippen LogP contribution in [0.15, 0.2) is 12.2 Å². The molecule has 26 heavy (non-hydrogen) atoms.